The molecule has 17 heavy (non-hydrogen) atoms. The van der Waals surface area contributed by atoms with Crippen LogP contribution in [0.5, 0.6) is 0 Å². The molecule has 0 saturated carbocycles. The smallest absolute Gasteiger partial charge is 0.135 e. The van der Waals surface area contributed by atoms with Gasteiger partial charge in [-0.2, -0.15) is 0 Å². The summed E-state index contributed by atoms with van der Waals surface area (Å²) in [5, 5.41) is 0. The predicted octanol–water partition coefficient (Wildman–Crippen LogP) is 4.08. The van der Waals surface area contributed by atoms with E-state index in [2.05, 4.69) is 34.6 Å². The lowest BCUT2D eigenvalue weighted by atomic mass is 9.81. The van der Waals surface area contributed by atoms with Gasteiger partial charge in [0.1, 0.15) is 5.78 Å². The van der Waals surface area contributed by atoms with Crippen LogP contribution in [0.15, 0.2) is 0 Å². The monoisotopic (exact) mass is 242 g/mol. The van der Waals surface area contributed by atoms with Crippen molar-refractivity contribution in [1.29, 1.82) is 0 Å². The zero-order valence-electron chi connectivity index (χ0n) is 12.7. The van der Waals surface area contributed by atoms with Crippen molar-refractivity contribution >= 4 is 5.78 Å². The van der Waals surface area contributed by atoms with Crippen molar-refractivity contribution in [2.75, 3.05) is 6.61 Å². The molecule has 0 aliphatic rings. The largest absolute Gasteiger partial charge is 0.378 e. The molecule has 102 valence electrons. The molecule has 0 spiro atoms. The molecule has 2 heteroatoms. The molecule has 0 saturated heterocycles. The third-order valence-corrected chi connectivity index (χ3v) is 2.90. The molecule has 1 atom stereocenters. The van der Waals surface area contributed by atoms with Crippen LogP contribution in [0.4, 0.5) is 0 Å². The Bertz CT molecular complexity index is 229. The number of hydrogen-bond donors (Lipinski definition) is 0. The SMILES string of the molecule is CC(CC(=O)C(C)C)CC(C)(C)COC(C)C. The van der Waals surface area contributed by atoms with Crippen LogP contribution in [0.2, 0.25) is 0 Å². The quantitative estimate of drug-likeness (QED) is 0.641. The van der Waals surface area contributed by atoms with E-state index in [1.54, 1.807) is 0 Å². The second-order valence-electron chi connectivity index (χ2n) is 6.66. The molecular weight excluding hydrogens is 212 g/mol. The highest BCUT2D eigenvalue weighted by atomic mass is 16.5. The average molecular weight is 242 g/mol. The highest BCUT2D eigenvalue weighted by molar-refractivity contribution is 5.80. The van der Waals surface area contributed by atoms with Crippen molar-refractivity contribution in [2.24, 2.45) is 17.3 Å². The van der Waals surface area contributed by atoms with Gasteiger partial charge < -0.3 is 4.74 Å². The Morgan fingerprint density at radius 3 is 2.06 bits per heavy atom. The summed E-state index contributed by atoms with van der Waals surface area (Å²) >= 11 is 0. The van der Waals surface area contributed by atoms with Crippen molar-refractivity contribution in [2.45, 2.75) is 67.4 Å². The topological polar surface area (TPSA) is 26.3 Å². The molecule has 0 bridgehead atoms. The van der Waals surface area contributed by atoms with Gasteiger partial charge in [0.15, 0.2) is 0 Å². The number of carbonyl (C=O) groups is 1. The number of Topliss-reactive ketones (excluding diaryl/α,β-unsaturated/α-hetero) is 1. The zero-order valence-corrected chi connectivity index (χ0v) is 12.7. The van der Waals surface area contributed by atoms with E-state index in [9.17, 15) is 4.79 Å². The van der Waals surface area contributed by atoms with Gasteiger partial charge in [0.05, 0.1) is 12.7 Å². The maximum absolute atomic E-state index is 11.7. The fraction of sp³-hybridized carbons (Fsp3) is 0.933. The van der Waals surface area contributed by atoms with Crippen molar-refractivity contribution in [3.63, 3.8) is 0 Å². The van der Waals surface area contributed by atoms with E-state index in [0.717, 1.165) is 13.0 Å². The Labute approximate surface area is 107 Å². The Morgan fingerprint density at radius 2 is 1.65 bits per heavy atom. The lowest BCUT2D eigenvalue weighted by Crippen LogP contribution is -2.25. The Kier molecular flexibility index (Phi) is 6.99. The van der Waals surface area contributed by atoms with Gasteiger partial charge in [-0.25, -0.2) is 0 Å². The van der Waals surface area contributed by atoms with Gasteiger partial charge in [0.2, 0.25) is 0 Å². The molecule has 0 amide bonds. The summed E-state index contributed by atoms with van der Waals surface area (Å²) < 4.78 is 5.68. The van der Waals surface area contributed by atoms with E-state index in [1.807, 2.05) is 13.8 Å². The standard InChI is InChI=1S/C15H30O2/c1-11(2)14(16)8-13(5)9-15(6,7)10-17-12(3)4/h11-13H,8-10H2,1-7H3. The first-order chi connectivity index (χ1) is 7.64. The molecule has 0 N–H and O–H groups in total. The number of ketones is 1. The second kappa shape index (κ2) is 7.15. The normalized spacial score (nSPS) is 14.4. The molecule has 0 aromatic heterocycles. The first-order valence-electron chi connectivity index (χ1n) is 6.78. The summed E-state index contributed by atoms with van der Waals surface area (Å²) in [6.07, 6.45) is 2.02. The fourth-order valence-electron chi connectivity index (χ4n) is 2.05. The van der Waals surface area contributed by atoms with Crippen molar-refractivity contribution in [3.05, 3.63) is 0 Å². The number of ether oxygens (including phenoxy) is 1. The molecule has 0 aromatic carbocycles. The van der Waals surface area contributed by atoms with E-state index in [-0.39, 0.29) is 17.4 Å². The van der Waals surface area contributed by atoms with Crippen LogP contribution in [0.3, 0.4) is 0 Å². The summed E-state index contributed by atoms with van der Waals surface area (Å²) in [5.41, 5.74) is 0.154. The van der Waals surface area contributed by atoms with Gasteiger partial charge >= 0.3 is 0 Å². The van der Waals surface area contributed by atoms with Gasteiger partial charge in [0.25, 0.3) is 0 Å². The van der Waals surface area contributed by atoms with Crippen LogP contribution < -0.4 is 0 Å². The van der Waals surface area contributed by atoms with E-state index in [0.29, 0.717) is 18.1 Å². The van der Waals surface area contributed by atoms with E-state index in [1.165, 1.54) is 0 Å². The molecule has 0 fully saturated rings. The van der Waals surface area contributed by atoms with E-state index in [4.69, 9.17) is 4.74 Å². The van der Waals surface area contributed by atoms with Gasteiger partial charge in [-0.15, -0.1) is 0 Å². The maximum atomic E-state index is 11.7. The third kappa shape index (κ3) is 8.37. The highest BCUT2D eigenvalue weighted by Gasteiger charge is 2.23. The molecule has 0 heterocycles. The van der Waals surface area contributed by atoms with Crippen molar-refractivity contribution in [3.8, 4) is 0 Å². The summed E-state index contributed by atoms with van der Waals surface area (Å²) in [4.78, 5) is 11.7. The first kappa shape index (κ1) is 16.6. The fourth-order valence-corrected chi connectivity index (χ4v) is 2.05. The number of carbonyl (C=O) groups excluding carboxylic acids is 1. The minimum atomic E-state index is 0.154. The van der Waals surface area contributed by atoms with E-state index >= 15 is 0 Å². The molecule has 1 unspecified atom stereocenters. The second-order valence-corrected chi connectivity index (χ2v) is 6.66. The van der Waals surface area contributed by atoms with Gasteiger partial charge in [-0.3, -0.25) is 4.79 Å². The summed E-state index contributed by atoms with van der Waals surface area (Å²) in [6.45, 7) is 15.4. The molecule has 0 aliphatic heterocycles. The summed E-state index contributed by atoms with van der Waals surface area (Å²) in [6, 6.07) is 0. The molecule has 0 aromatic rings. The molecule has 0 aliphatic carbocycles. The van der Waals surface area contributed by atoms with Gasteiger partial charge in [0, 0.05) is 12.3 Å². The molecular formula is C15H30O2. The van der Waals surface area contributed by atoms with Gasteiger partial charge in [-0.05, 0) is 31.6 Å². The Balaban J connectivity index is 4.08. The lowest BCUT2D eigenvalue weighted by Gasteiger charge is -2.28. The zero-order chi connectivity index (χ0) is 13.6. The lowest BCUT2D eigenvalue weighted by molar-refractivity contribution is -0.123. The maximum Gasteiger partial charge on any atom is 0.135 e. The van der Waals surface area contributed by atoms with Crippen LogP contribution in [0.1, 0.15) is 61.3 Å². The average Bonchev–Trinajstić information content (AvgIpc) is 2.13. The molecule has 0 radical (unpaired) electrons. The number of hydrogen-bond acceptors (Lipinski definition) is 2. The van der Waals surface area contributed by atoms with Crippen molar-refractivity contribution in [1.82, 2.24) is 0 Å². The molecule has 0 rings (SSSR count). The van der Waals surface area contributed by atoms with Crippen molar-refractivity contribution < 1.29 is 9.53 Å². The van der Waals surface area contributed by atoms with Crippen LogP contribution >= 0.6 is 0 Å². The minimum absolute atomic E-state index is 0.154. The predicted molar refractivity (Wildman–Crippen MR) is 73.1 cm³/mol. The summed E-state index contributed by atoms with van der Waals surface area (Å²) in [7, 11) is 0. The Morgan fingerprint density at radius 1 is 1.12 bits per heavy atom. The third-order valence-electron chi connectivity index (χ3n) is 2.90. The molecule has 2 nitrogen and oxygen atoms in total. The van der Waals surface area contributed by atoms with E-state index < -0.39 is 0 Å². The highest BCUT2D eigenvalue weighted by Crippen LogP contribution is 2.28. The summed E-state index contributed by atoms with van der Waals surface area (Å²) in [5.74, 6) is 0.973. The Hall–Kier alpha value is -0.370. The van der Waals surface area contributed by atoms with Crippen LogP contribution in [0, 0.1) is 17.3 Å². The number of rotatable bonds is 8. The minimum Gasteiger partial charge on any atom is -0.378 e. The van der Waals surface area contributed by atoms with Gasteiger partial charge in [-0.1, -0.05) is 34.6 Å². The van der Waals surface area contributed by atoms with Crippen LogP contribution in [0.25, 0.3) is 0 Å². The first-order valence-corrected chi connectivity index (χ1v) is 6.78. The van der Waals surface area contributed by atoms with Crippen LogP contribution in [-0.2, 0) is 9.53 Å². The van der Waals surface area contributed by atoms with Crippen LogP contribution in [-0.4, -0.2) is 18.5 Å².